The number of rotatable bonds is 6. The van der Waals surface area contributed by atoms with Gasteiger partial charge in [0.2, 0.25) is 0 Å². The molecule has 0 saturated carbocycles. The number of anilines is 1. The van der Waals surface area contributed by atoms with E-state index in [-0.39, 0.29) is 18.2 Å². The molecule has 25 heavy (non-hydrogen) atoms. The molecular weight excluding hydrogens is 324 g/mol. The Morgan fingerprint density at radius 1 is 1.28 bits per heavy atom. The van der Waals surface area contributed by atoms with Crippen molar-refractivity contribution in [2.24, 2.45) is 0 Å². The molecule has 0 spiro atoms. The van der Waals surface area contributed by atoms with Crippen molar-refractivity contribution < 1.29 is 19.6 Å². The molecule has 0 radical (unpaired) electrons. The first-order valence-corrected chi connectivity index (χ1v) is 7.98. The van der Waals surface area contributed by atoms with Gasteiger partial charge in [-0.1, -0.05) is 30.3 Å². The predicted octanol–water partition coefficient (Wildman–Crippen LogP) is 3.23. The van der Waals surface area contributed by atoms with Crippen molar-refractivity contribution in [3.63, 3.8) is 0 Å². The van der Waals surface area contributed by atoms with Crippen molar-refractivity contribution in [2.45, 2.75) is 25.5 Å². The minimum atomic E-state index is -0.868. The highest BCUT2D eigenvalue weighted by molar-refractivity contribution is 5.67. The molecule has 2 aromatic rings. The predicted molar refractivity (Wildman–Crippen MR) is 91.9 cm³/mol. The van der Waals surface area contributed by atoms with E-state index in [1.165, 1.54) is 12.1 Å². The molecule has 3 rings (SSSR count). The summed E-state index contributed by atoms with van der Waals surface area (Å²) < 4.78 is 5.86. The van der Waals surface area contributed by atoms with Gasteiger partial charge in [0.1, 0.15) is 11.9 Å². The Kier molecular flexibility index (Phi) is 4.83. The van der Waals surface area contributed by atoms with Crippen LogP contribution < -0.4 is 9.64 Å². The van der Waals surface area contributed by atoms with Gasteiger partial charge < -0.3 is 14.7 Å². The lowest BCUT2D eigenvalue weighted by Gasteiger charge is -2.36. The van der Waals surface area contributed by atoms with Crippen LogP contribution >= 0.6 is 0 Å². The SMILES string of the molecule is O=C(O)CCC1CN(Cc2ccccc2)c2cc([N+](=O)[O-])ccc2O1. The maximum atomic E-state index is 11.1. The van der Waals surface area contributed by atoms with E-state index in [2.05, 4.69) is 0 Å². The molecule has 0 aromatic heterocycles. The summed E-state index contributed by atoms with van der Waals surface area (Å²) in [5, 5.41) is 20.0. The van der Waals surface area contributed by atoms with E-state index in [9.17, 15) is 14.9 Å². The van der Waals surface area contributed by atoms with Gasteiger partial charge in [0.05, 0.1) is 17.2 Å². The Bertz CT molecular complexity index is 778. The van der Waals surface area contributed by atoms with Gasteiger partial charge in [-0.25, -0.2) is 0 Å². The summed E-state index contributed by atoms with van der Waals surface area (Å²) in [6, 6.07) is 14.3. The smallest absolute Gasteiger partial charge is 0.303 e. The van der Waals surface area contributed by atoms with E-state index in [1.807, 2.05) is 35.2 Å². The number of carboxylic acids is 1. The van der Waals surface area contributed by atoms with Crippen LogP contribution in [0.3, 0.4) is 0 Å². The number of nitrogens with zero attached hydrogens (tertiary/aromatic N) is 2. The van der Waals surface area contributed by atoms with E-state index >= 15 is 0 Å². The van der Waals surface area contributed by atoms with Crippen molar-refractivity contribution in [3.05, 3.63) is 64.2 Å². The molecule has 7 nitrogen and oxygen atoms in total. The van der Waals surface area contributed by atoms with Crippen LogP contribution in [0.15, 0.2) is 48.5 Å². The molecule has 0 aliphatic carbocycles. The number of nitro benzene ring substituents is 1. The summed E-state index contributed by atoms with van der Waals surface area (Å²) in [6.07, 6.45) is 0.136. The lowest BCUT2D eigenvalue weighted by Crippen LogP contribution is -2.40. The molecule has 0 fully saturated rings. The average molecular weight is 342 g/mol. The van der Waals surface area contributed by atoms with Gasteiger partial charge in [-0.15, -0.1) is 0 Å². The van der Waals surface area contributed by atoms with E-state index in [0.29, 0.717) is 30.9 Å². The van der Waals surface area contributed by atoms with Gasteiger partial charge in [0, 0.05) is 25.1 Å². The van der Waals surface area contributed by atoms with E-state index in [4.69, 9.17) is 9.84 Å². The van der Waals surface area contributed by atoms with Gasteiger partial charge in [-0.3, -0.25) is 14.9 Å². The average Bonchev–Trinajstić information content (AvgIpc) is 2.60. The number of hydrogen-bond donors (Lipinski definition) is 1. The van der Waals surface area contributed by atoms with Gasteiger partial charge in [0.25, 0.3) is 5.69 Å². The fraction of sp³-hybridized carbons (Fsp3) is 0.278. The van der Waals surface area contributed by atoms with E-state index < -0.39 is 10.9 Å². The molecule has 7 heteroatoms. The van der Waals surface area contributed by atoms with Gasteiger partial charge in [-0.2, -0.15) is 0 Å². The fourth-order valence-corrected chi connectivity index (χ4v) is 2.92. The summed E-state index contributed by atoms with van der Waals surface area (Å²) in [5.41, 5.74) is 1.73. The van der Waals surface area contributed by atoms with E-state index in [1.54, 1.807) is 6.07 Å². The third-order valence-corrected chi connectivity index (χ3v) is 4.11. The van der Waals surface area contributed by atoms with Crippen molar-refractivity contribution in [1.29, 1.82) is 0 Å². The van der Waals surface area contributed by atoms with Gasteiger partial charge in [-0.05, 0) is 18.1 Å². The summed E-state index contributed by atoms with van der Waals surface area (Å²) in [4.78, 5) is 23.5. The third kappa shape index (κ3) is 4.06. The van der Waals surface area contributed by atoms with Crippen LogP contribution in [0.25, 0.3) is 0 Å². The normalized spacial score (nSPS) is 16.0. The molecule has 2 aromatic carbocycles. The highest BCUT2D eigenvalue weighted by atomic mass is 16.6. The van der Waals surface area contributed by atoms with Crippen molar-refractivity contribution in [2.75, 3.05) is 11.4 Å². The minimum absolute atomic E-state index is 0.00407. The Labute approximate surface area is 144 Å². The van der Waals surface area contributed by atoms with Crippen LogP contribution in [0.4, 0.5) is 11.4 Å². The zero-order chi connectivity index (χ0) is 17.8. The standard InChI is InChI=1S/C18H18N2O5/c21-18(22)9-7-15-12-19(11-13-4-2-1-3-5-13)16-10-14(20(23)24)6-8-17(16)25-15/h1-6,8,10,15H,7,9,11-12H2,(H,21,22). The zero-order valence-electron chi connectivity index (χ0n) is 13.5. The minimum Gasteiger partial charge on any atom is -0.486 e. The van der Waals surface area contributed by atoms with Crippen LogP contribution in [0.2, 0.25) is 0 Å². The van der Waals surface area contributed by atoms with Crippen LogP contribution in [0.5, 0.6) is 5.75 Å². The third-order valence-electron chi connectivity index (χ3n) is 4.11. The Morgan fingerprint density at radius 2 is 2.04 bits per heavy atom. The van der Waals surface area contributed by atoms with Crippen LogP contribution in [-0.2, 0) is 11.3 Å². The van der Waals surface area contributed by atoms with Crippen LogP contribution in [0, 0.1) is 10.1 Å². The van der Waals surface area contributed by atoms with Crippen LogP contribution in [0.1, 0.15) is 18.4 Å². The lowest BCUT2D eigenvalue weighted by atomic mass is 10.1. The molecule has 1 N–H and O–H groups in total. The van der Waals surface area contributed by atoms with Crippen molar-refractivity contribution in [1.82, 2.24) is 0 Å². The molecule has 0 saturated heterocycles. The monoisotopic (exact) mass is 342 g/mol. The number of aliphatic carboxylic acids is 1. The maximum Gasteiger partial charge on any atom is 0.303 e. The molecule has 1 heterocycles. The van der Waals surface area contributed by atoms with Gasteiger partial charge >= 0.3 is 5.97 Å². The highest BCUT2D eigenvalue weighted by Gasteiger charge is 2.28. The van der Waals surface area contributed by atoms with E-state index in [0.717, 1.165) is 5.56 Å². The van der Waals surface area contributed by atoms with Crippen molar-refractivity contribution in [3.8, 4) is 5.75 Å². The number of non-ortho nitro benzene ring substituents is 1. The second-order valence-electron chi connectivity index (χ2n) is 5.95. The molecule has 1 aliphatic heterocycles. The molecule has 1 atom stereocenters. The number of fused-ring (bicyclic) bond motifs is 1. The maximum absolute atomic E-state index is 11.1. The second-order valence-corrected chi connectivity index (χ2v) is 5.95. The first-order chi connectivity index (χ1) is 12.0. The second kappa shape index (κ2) is 7.21. The topological polar surface area (TPSA) is 92.9 Å². The first kappa shape index (κ1) is 16.8. The quantitative estimate of drug-likeness (QED) is 0.640. The highest BCUT2D eigenvalue weighted by Crippen LogP contribution is 2.37. The molecule has 130 valence electrons. The summed E-state index contributed by atoms with van der Waals surface area (Å²) in [7, 11) is 0. The molecule has 0 bridgehead atoms. The Balaban J connectivity index is 1.88. The number of benzene rings is 2. The summed E-state index contributed by atoms with van der Waals surface area (Å²) in [5.74, 6) is -0.323. The fourth-order valence-electron chi connectivity index (χ4n) is 2.92. The van der Waals surface area contributed by atoms with Crippen molar-refractivity contribution >= 4 is 17.3 Å². The van der Waals surface area contributed by atoms with Crippen LogP contribution in [-0.4, -0.2) is 28.6 Å². The Hall–Kier alpha value is -3.09. The number of carbonyl (C=O) groups is 1. The molecule has 1 aliphatic rings. The lowest BCUT2D eigenvalue weighted by molar-refractivity contribution is -0.384. The number of ether oxygens (including phenoxy) is 1. The number of nitro groups is 1. The first-order valence-electron chi connectivity index (χ1n) is 7.98. The largest absolute Gasteiger partial charge is 0.486 e. The molecule has 0 amide bonds. The number of carboxylic acid groups (broad SMARTS) is 1. The zero-order valence-corrected chi connectivity index (χ0v) is 13.5. The summed E-state index contributed by atoms with van der Waals surface area (Å²) in [6.45, 7) is 1.05. The molecular formula is C18H18N2O5. The number of hydrogen-bond acceptors (Lipinski definition) is 5. The Morgan fingerprint density at radius 3 is 2.72 bits per heavy atom. The van der Waals surface area contributed by atoms with Gasteiger partial charge in [0.15, 0.2) is 0 Å². The molecule has 1 unspecified atom stereocenters. The summed E-state index contributed by atoms with van der Waals surface area (Å²) >= 11 is 0.